The number of hydrogen-bond donors (Lipinski definition) is 1. The molecule has 0 saturated heterocycles. The lowest BCUT2D eigenvalue weighted by molar-refractivity contribution is -0.143. The van der Waals surface area contributed by atoms with Gasteiger partial charge in [-0.25, -0.2) is 18.4 Å². The van der Waals surface area contributed by atoms with E-state index in [0.29, 0.717) is 34.8 Å². The first kappa shape index (κ1) is 22.6. The maximum atomic E-state index is 12.7. The molecule has 1 amide bonds. The van der Waals surface area contributed by atoms with Crippen LogP contribution in [0, 0.1) is 0 Å². The molecule has 2 aromatic carbocycles. The number of nitrogens with zero attached hydrogens (tertiary/aromatic N) is 1. The van der Waals surface area contributed by atoms with Gasteiger partial charge in [-0.3, -0.25) is 4.79 Å². The van der Waals surface area contributed by atoms with Crippen molar-refractivity contribution in [2.24, 2.45) is 5.14 Å². The van der Waals surface area contributed by atoms with E-state index in [0.717, 1.165) is 5.39 Å². The number of furan rings is 1. The van der Waals surface area contributed by atoms with Gasteiger partial charge in [0.05, 0.1) is 12.0 Å². The Morgan fingerprint density at radius 3 is 2.76 bits per heavy atom. The SMILES string of the molecule is COc1cccc2cc(/C=C/C(=O)OCC(=O)N3c4ccc(S(N)(=O)=O)cc4CC3C)oc12. The fourth-order valence-corrected chi connectivity index (χ4v) is 4.43. The zero-order chi connectivity index (χ0) is 23.8. The van der Waals surface area contributed by atoms with E-state index in [1.165, 1.54) is 35.3 Å². The number of rotatable bonds is 6. The minimum absolute atomic E-state index is 0.0116. The second kappa shape index (κ2) is 8.72. The van der Waals surface area contributed by atoms with Crippen LogP contribution in [0.5, 0.6) is 5.75 Å². The Kier molecular flexibility index (Phi) is 5.96. The van der Waals surface area contributed by atoms with Crippen LogP contribution in [0.1, 0.15) is 18.2 Å². The standard InChI is InChI=1S/C23H22N2O7S/c1-14-10-16-12-18(33(24,28)29)7-8-19(16)25(14)21(26)13-31-22(27)9-6-17-11-15-4-3-5-20(30-2)23(15)32-17/h3-9,11-12,14H,10,13H2,1-2H3,(H2,24,28,29)/b9-6+. The van der Waals surface area contributed by atoms with Crippen LogP contribution in [0.25, 0.3) is 17.0 Å². The number of sulfonamides is 1. The molecule has 10 heteroatoms. The quantitative estimate of drug-likeness (QED) is 0.433. The summed E-state index contributed by atoms with van der Waals surface area (Å²) in [6.45, 7) is 1.37. The van der Waals surface area contributed by atoms with Gasteiger partial charge >= 0.3 is 5.97 Å². The van der Waals surface area contributed by atoms with Crippen molar-refractivity contribution in [3.63, 3.8) is 0 Å². The van der Waals surface area contributed by atoms with Gasteiger partial charge in [0.15, 0.2) is 17.9 Å². The lowest BCUT2D eigenvalue weighted by Gasteiger charge is -2.22. The molecule has 0 radical (unpaired) electrons. The first-order valence-corrected chi connectivity index (χ1v) is 11.6. The third-order valence-electron chi connectivity index (χ3n) is 5.33. The summed E-state index contributed by atoms with van der Waals surface area (Å²) in [7, 11) is -2.30. The van der Waals surface area contributed by atoms with Crippen LogP contribution in [-0.2, 0) is 30.8 Å². The highest BCUT2D eigenvalue weighted by atomic mass is 32.2. The number of ether oxygens (including phenoxy) is 2. The number of amides is 1. The Labute approximate surface area is 190 Å². The molecule has 33 heavy (non-hydrogen) atoms. The van der Waals surface area contributed by atoms with Crippen molar-refractivity contribution in [2.75, 3.05) is 18.6 Å². The van der Waals surface area contributed by atoms with Crippen molar-refractivity contribution in [2.45, 2.75) is 24.3 Å². The number of carbonyl (C=O) groups is 2. The topological polar surface area (TPSA) is 129 Å². The molecule has 2 heterocycles. The zero-order valence-corrected chi connectivity index (χ0v) is 18.8. The number of anilines is 1. The second-order valence-electron chi connectivity index (χ2n) is 7.62. The van der Waals surface area contributed by atoms with E-state index < -0.39 is 28.5 Å². The highest BCUT2D eigenvalue weighted by molar-refractivity contribution is 7.89. The van der Waals surface area contributed by atoms with Crippen LogP contribution in [0.15, 0.2) is 57.9 Å². The van der Waals surface area contributed by atoms with Crippen molar-refractivity contribution in [3.05, 3.63) is 59.9 Å². The minimum Gasteiger partial charge on any atom is -0.493 e. The summed E-state index contributed by atoms with van der Waals surface area (Å²) in [5.41, 5.74) is 1.83. The van der Waals surface area contributed by atoms with E-state index in [4.69, 9.17) is 19.0 Å². The molecule has 1 aromatic heterocycles. The summed E-state index contributed by atoms with van der Waals surface area (Å²) < 4.78 is 39.2. The van der Waals surface area contributed by atoms with Gasteiger partial charge in [-0.05, 0) is 55.3 Å². The molecule has 1 atom stereocenters. The third-order valence-corrected chi connectivity index (χ3v) is 6.24. The van der Waals surface area contributed by atoms with E-state index in [9.17, 15) is 18.0 Å². The molecule has 0 aliphatic carbocycles. The number of carbonyl (C=O) groups excluding carboxylic acids is 2. The lowest BCUT2D eigenvalue weighted by Crippen LogP contribution is -2.38. The van der Waals surface area contributed by atoms with Gasteiger partial charge in [0.25, 0.3) is 5.91 Å². The molecule has 3 aromatic rings. The first-order chi connectivity index (χ1) is 15.7. The predicted molar refractivity (Wildman–Crippen MR) is 121 cm³/mol. The van der Waals surface area contributed by atoms with E-state index >= 15 is 0 Å². The Morgan fingerprint density at radius 1 is 1.24 bits per heavy atom. The average Bonchev–Trinajstić information content (AvgIpc) is 3.34. The monoisotopic (exact) mass is 470 g/mol. The lowest BCUT2D eigenvalue weighted by atomic mass is 10.1. The van der Waals surface area contributed by atoms with Gasteiger partial charge in [-0.2, -0.15) is 0 Å². The summed E-state index contributed by atoms with van der Waals surface area (Å²) in [6, 6.07) is 11.3. The molecule has 0 bridgehead atoms. The first-order valence-electron chi connectivity index (χ1n) is 10.1. The fraction of sp³-hybridized carbons (Fsp3) is 0.217. The van der Waals surface area contributed by atoms with Crippen LogP contribution in [0.3, 0.4) is 0 Å². The predicted octanol–water partition coefficient (Wildman–Crippen LogP) is 2.62. The number of fused-ring (bicyclic) bond motifs is 2. The van der Waals surface area contributed by atoms with Gasteiger partial charge in [0.2, 0.25) is 10.0 Å². The van der Waals surface area contributed by atoms with Crippen molar-refractivity contribution in [1.29, 1.82) is 0 Å². The van der Waals surface area contributed by atoms with Crippen molar-refractivity contribution in [3.8, 4) is 5.75 Å². The molecular weight excluding hydrogens is 448 g/mol. The maximum Gasteiger partial charge on any atom is 0.331 e. The number of nitrogens with two attached hydrogens (primary N) is 1. The molecule has 172 valence electrons. The Hall–Kier alpha value is -3.63. The molecule has 0 saturated carbocycles. The molecule has 1 aliphatic heterocycles. The molecule has 1 aliphatic rings. The molecule has 4 rings (SSSR count). The van der Waals surface area contributed by atoms with Gasteiger partial charge in [0, 0.05) is 23.2 Å². The van der Waals surface area contributed by atoms with Crippen LogP contribution >= 0.6 is 0 Å². The van der Waals surface area contributed by atoms with E-state index in [1.807, 2.05) is 19.1 Å². The molecule has 9 nitrogen and oxygen atoms in total. The molecule has 0 spiro atoms. The van der Waals surface area contributed by atoms with Crippen LogP contribution in [0.2, 0.25) is 0 Å². The van der Waals surface area contributed by atoms with Crippen molar-refractivity contribution < 1.29 is 31.9 Å². The highest BCUT2D eigenvalue weighted by Gasteiger charge is 2.32. The smallest absolute Gasteiger partial charge is 0.331 e. The second-order valence-corrected chi connectivity index (χ2v) is 9.18. The summed E-state index contributed by atoms with van der Waals surface area (Å²) in [5.74, 6) is -0.103. The van der Waals surface area contributed by atoms with Crippen molar-refractivity contribution in [1.82, 2.24) is 0 Å². The number of benzene rings is 2. The van der Waals surface area contributed by atoms with Gasteiger partial charge in [0.1, 0.15) is 5.76 Å². The molecule has 0 fully saturated rings. The average molecular weight is 471 g/mol. The Bertz CT molecular complexity index is 1370. The number of esters is 1. The summed E-state index contributed by atoms with van der Waals surface area (Å²) in [6.07, 6.45) is 3.10. The number of para-hydroxylation sites is 1. The van der Waals surface area contributed by atoms with Crippen molar-refractivity contribution >= 4 is 44.6 Å². The summed E-state index contributed by atoms with van der Waals surface area (Å²) in [5, 5.41) is 6.01. The number of hydrogen-bond acceptors (Lipinski definition) is 7. The van der Waals surface area contributed by atoms with Crippen LogP contribution < -0.4 is 14.8 Å². The van der Waals surface area contributed by atoms with E-state index in [-0.39, 0.29) is 10.9 Å². The molecule has 2 N–H and O–H groups in total. The third kappa shape index (κ3) is 4.62. The van der Waals surface area contributed by atoms with Crippen LogP contribution in [0.4, 0.5) is 5.69 Å². The Morgan fingerprint density at radius 2 is 2.03 bits per heavy atom. The van der Waals surface area contributed by atoms with Gasteiger partial charge in [-0.15, -0.1) is 0 Å². The van der Waals surface area contributed by atoms with Crippen LogP contribution in [-0.4, -0.2) is 40.1 Å². The maximum absolute atomic E-state index is 12.7. The van der Waals surface area contributed by atoms with E-state index in [2.05, 4.69) is 0 Å². The van der Waals surface area contributed by atoms with E-state index in [1.54, 1.807) is 19.2 Å². The Balaban J connectivity index is 1.41. The molecule has 1 unspecified atom stereocenters. The number of primary sulfonamides is 1. The normalized spacial score (nSPS) is 15.7. The van der Waals surface area contributed by atoms with Gasteiger partial charge in [-0.1, -0.05) is 12.1 Å². The highest BCUT2D eigenvalue weighted by Crippen LogP contribution is 2.34. The largest absolute Gasteiger partial charge is 0.493 e. The number of methoxy groups -OCH3 is 1. The van der Waals surface area contributed by atoms with Gasteiger partial charge < -0.3 is 18.8 Å². The summed E-state index contributed by atoms with van der Waals surface area (Å²) >= 11 is 0. The zero-order valence-electron chi connectivity index (χ0n) is 18.0. The minimum atomic E-state index is -3.84. The fourth-order valence-electron chi connectivity index (χ4n) is 3.86. The summed E-state index contributed by atoms with van der Waals surface area (Å²) in [4.78, 5) is 26.3. The molecular formula is C23H22N2O7S.